The second-order valence-corrected chi connectivity index (χ2v) is 3.12. The number of nitrogens with zero attached hydrogens (tertiary/aromatic N) is 2. The van der Waals surface area contributed by atoms with Gasteiger partial charge < -0.3 is 0 Å². The van der Waals surface area contributed by atoms with Crippen LogP contribution >= 0.6 is 0 Å². The first-order valence-electron chi connectivity index (χ1n) is 4.52. The number of rotatable bonds is 2. The smallest absolute Gasteiger partial charge is 0.268 e. The van der Waals surface area contributed by atoms with Crippen LogP contribution in [0.5, 0.6) is 0 Å². The fraction of sp³-hybridized carbons (Fsp3) is 0. The van der Waals surface area contributed by atoms with Crippen molar-refractivity contribution in [1.82, 2.24) is 15.2 Å². The molecule has 2 aromatic rings. The Morgan fingerprint density at radius 3 is 2.69 bits per heavy atom. The van der Waals surface area contributed by atoms with Gasteiger partial charge in [-0.15, -0.1) is 0 Å². The molecule has 0 fully saturated rings. The summed E-state index contributed by atoms with van der Waals surface area (Å²) in [6.45, 7) is 0. The number of benzene rings is 1. The largest absolute Gasteiger partial charge is 0.290 e. The standard InChI is InChI=1S/C10H9FN4O/c11-8-1-3-9(4-2-8)15-6-7(5-13-15)10(16)14-12/h1-6H,12H2,(H,14,16). The average molecular weight is 220 g/mol. The number of carbonyl (C=O) groups excluding carboxylic acids is 1. The van der Waals surface area contributed by atoms with Gasteiger partial charge in [0.2, 0.25) is 0 Å². The Morgan fingerprint density at radius 2 is 2.06 bits per heavy atom. The van der Waals surface area contributed by atoms with Gasteiger partial charge in [0.1, 0.15) is 5.82 Å². The summed E-state index contributed by atoms with van der Waals surface area (Å²) in [5, 5.41) is 3.96. The van der Waals surface area contributed by atoms with Crippen molar-refractivity contribution in [3.8, 4) is 5.69 Å². The molecule has 0 saturated carbocycles. The van der Waals surface area contributed by atoms with E-state index in [2.05, 4.69) is 5.10 Å². The molecule has 0 bridgehead atoms. The minimum atomic E-state index is -0.423. The zero-order valence-corrected chi connectivity index (χ0v) is 8.22. The van der Waals surface area contributed by atoms with Gasteiger partial charge in [0, 0.05) is 6.20 Å². The van der Waals surface area contributed by atoms with Gasteiger partial charge in [0.25, 0.3) is 5.91 Å². The number of halogens is 1. The molecule has 5 nitrogen and oxygen atoms in total. The molecule has 82 valence electrons. The summed E-state index contributed by atoms with van der Waals surface area (Å²) >= 11 is 0. The average Bonchev–Trinajstić information content (AvgIpc) is 2.78. The van der Waals surface area contributed by atoms with E-state index in [1.54, 1.807) is 12.1 Å². The van der Waals surface area contributed by atoms with Gasteiger partial charge in [-0.2, -0.15) is 5.10 Å². The molecule has 0 unspecified atom stereocenters. The number of amides is 1. The molecule has 0 radical (unpaired) electrons. The minimum absolute atomic E-state index is 0.323. The number of hydrogen-bond donors (Lipinski definition) is 2. The van der Waals surface area contributed by atoms with Crippen LogP contribution in [0.15, 0.2) is 36.7 Å². The molecule has 0 atom stereocenters. The molecule has 0 aliphatic carbocycles. The van der Waals surface area contributed by atoms with Gasteiger partial charge in [0.15, 0.2) is 0 Å². The van der Waals surface area contributed by atoms with Crippen LogP contribution in [-0.4, -0.2) is 15.7 Å². The molecular formula is C10H9FN4O. The Kier molecular flexibility index (Phi) is 2.65. The zero-order chi connectivity index (χ0) is 11.5. The minimum Gasteiger partial charge on any atom is -0.290 e. The number of aromatic nitrogens is 2. The maximum absolute atomic E-state index is 12.7. The van der Waals surface area contributed by atoms with E-state index >= 15 is 0 Å². The highest BCUT2D eigenvalue weighted by Crippen LogP contribution is 2.09. The number of nitrogens with one attached hydrogen (secondary N) is 1. The summed E-state index contributed by atoms with van der Waals surface area (Å²) in [6, 6.07) is 5.76. The molecule has 3 N–H and O–H groups in total. The van der Waals surface area contributed by atoms with Crippen molar-refractivity contribution in [3.05, 3.63) is 48.0 Å². The molecule has 0 aliphatic rings. The summed E-state index contributed by atoms with van der Waals surface area (Å²) in [5.74, 6) is 4.24. The van der Waals surface area contributed by atoms with Crippen LogP contribution in [0.25, 0.3) is 5.69 Å². The molecule has 1 amide bonds. The highest BCUT2D eigenvalue weighted by molar-refractivity contribution is 5.93. The normalized spacial score (nSPS) is 10.1. The lowest BCUT2D eigenvalue weighted by atomic mass is 10.3. The van der Waals surface area contributed by atoms with Crippen LogP contribution in [0.4, 0.5) is 4.39 Å². The maximum atomic E-state index is 12.7. The molecule has 0 saturated heterocycles. The monoisotopic (exact) mass is 220 g/mol. The molecule has 1 heterocycles. The summed E-state index contributed by atoms with van der Waals surface area (Å²) in [6.07, 6.45) is 2.89. The van der Waals surface area contributed by atoms with Gasteiger partial charge in [-0.05, 0) is 24.3 Å². The van der Waals surface area contributed by atoms with Crippen molar-refractivity contribution in [3.63, 3.8) is 0 Å². The quantitative estimate of drug-likeness (QED) is 0.442. The van der Waals surface area contributed by atoms with E-state index in [1.807, 2.05) is 5.43 Å². The van der Waals surface area contributed by atoms with Crippen molar-refractivity contribution in [2.45, 2.75) is 0 Å². The van der Waals surface area contributed by atoms with Crippen molar-refractivity contribution in [1.29, 1.82) is 0 Å². The number of carbonyl (C=O) groups is 1. The Bertz CT molecular complexity index is 506. The fourth-order valence-corrected chi connectivity index (χ4v) is 1.26. The summed E-state index contributed by atoms with van der Waals surface area (Å²) in [7, 11) is 0. The molecule has 1 aromatic heterocycles. The summed E-state index contributed by atoms with van der Waals surface area (Å²) in [4.78, 5) is 11.2. The number of nitrogen functional groups attached to an aromatic ring is 1. The maximum Gasteiger partial charge on any atom is 0.268 e. The second-order valence-electron chi connectivity index (χ2n) is 3.12. The molecule has 0 aliphatic heterocycles. The molecule has 1 aromatic carbocycles. The summed E-state index contributed by atoms with van der Waals surface area (Å²) < 4.78 is 14.1. The molecule has 2 rings (SSSR count). The second kappa shape index (κ2) is 4.11. The molecule has 6 heteroatoms. The third-order valence-electron chi connectivity index (χ3n) is 2.07. The van der Waals surface area contributed by atoms with Crippen LogP contribution in [0, 0.1) is 5.82 Å². The van der Waals surface area contributed by atoms with Gasteiger partial charge in [0.05, 0.1) is 17.4 Å². The number of hydrogen-bond acceptors (Lipinski definition) is 3. The molecular weight excluding hydrogens is 211 g/mol. The Labute approximate surface area is 90.6 Å². The molecule has 16 heavy (non-hydrogen) atoms. The van der Waals surface area contributed by atoms with E-state index in [0.29, 0.717) is 11.3 Å². The SMILES string of the molecule is NNC(=O)c1cnn(-c2ccc(F)cc2)c1. The number of hydrazine groups is 1. The van der Waals surface area contributed by atoms with E-state index in [4.69, 9.17) is 5.84 Å². The van der Waals surface area contributed by atoms with Crippen LogP contribution < -0.4 is 11.3 Å². The van der Waals surface area contributed by atoms with Crippen molar-refractivity contribution >= 4 is 5.91 Å². The van der Waals surface area contributed by atoms with Crippen LogP contribution in [0.1, 0.15) is 10.4 Å². The lowest BCUT2D eigenvalue weighted by molar-refractivity contribution is 0.0953. The van der Waals surface area contributed by atoms with Gasteiger partial charge in [-0.1, -0.05) is 0 Å². The van der Waals surface area contributed by atoms with E-state index < -0.39 is 5.91 Å². The Morgan fingerprint density at radius 1 is 1.38 bits per heavy atom. The third kappa shape index (κ3) is 1.91. The van der Waals surface area contributed by atoms with Crippen LogP contribution in [0.2, 0.25) is 0 Å². The van der Waals surface area contributed by atoms with Gasteiger partial charge >= 0.3 is 0 Å². The van der Waals surface area contributed by atoms with Crippen LogP contribution in [0.3, 0.4) is 0 Å². The lowest BCUT2D eigenvalue weighted by Gasteiger charge is -1.99. The van der Waals surface area contributed by atoms with E-state index in [9.17, 15) is 9.18 Å². The zero-order valence-electron chi connectivity index (χ0n) is 8.22. The van der Waals surface area contributed by atoms with Gasteiger partial charge in [-0.3, -0.25) is 10.2 Å². The molecule has 0 spiro atoms. The van der Waals surface area contributed by atoms with Crippen molar-refractivity contribution in [2.24, 2.45) is 5.84 Å². The first kappa shape index (κ1) is 10.3. The lowest BCUT2D eigenvalue weighted by Crippen LogP contribution is -2.29. The van der Waals surface area contributed by atoms with Crippen molar-refractivity contribution < 1.29 is 9.18 Å². The first-order chi connectivity index (χ1) is 7.70. The highest BCUT2D eigenvalue weighted by atomic mass is 19.1. The van der Waals surface area contributed by atoms with Gasteiger partial charge in [-0.25, -0.2) is 14.9 Å². The predicted octanol–water partition coefficient (Wildman–Crippen LogP) is 0.615. The highest BCUT2D eigenvalue weighted by Gasteiger charge is 2.07. The van der Waals surface area contributed by atoms with E-state index in [1.165, 1.54) is 29.2 Å². The summed E-state index contributed by atoms with van der Waals surface area (Å²) in [5.41, 5.74) is 3.01. The van der Waals surface area contributed by atoms with E-state index in [-0.39, 0.29) is 5.82 Å². The first-order valence-corrected chi connectivity index (χ1v) is 4.52. The topological polar surface area (TPSA) is 72.9 Å². The Balaban J connectivity index is 2.31. The van der Waals surface area contributed by atoms with Crippen LogP contribution in [-0.2, 0) is 0 Å². The van der Waals surface area contributed by atoms with Crippen molar-refractivity contribution in [2.75, 3.05) is 0 Å². The number of nitrogens with two attached hydrogens (primary N) is 1. The Hall–Kier alpha value is -2.21. The third-order valence-corrected chi connectivity index (χ3v) is 2.07. The fourth-order valence-electron chi connectivity index (χ4n) is 1.26. The van der Waals surface area contributed by atoms with E-state index in [0.717, 1.165) is 0 Å². The predicted molar refractivity (Wildman–Crippen MR) is 55.2 cm³/mol.